The Balaban J connectivity index is 2.12. The minimum atomic E-state index is -1.05. The first-order valence-corrected chi connectivity index (χ1v) is 7.29. The number of urea groups is 1. The minimum Gasteiger partial charge on any atom is -0.478 e. The maximum atomic E-state index is 12.2. The second-order valence-corrected chi connectivity index (χ2v) is 5.50. The molecule has 0 spiro atoms. The van der Waals surface area contributed by atoms with E-state index < -0.39 is 5.97 Å². The summed E-state index contributed by atoms with van der Waals surface area (Å²) < 4.78 is 0. The van der Waals surface area contributed by atoms with Gasteiger partial charge in [0.25, 0.3) is 0 Å². The van der Waals surface area contributed by atoms with Gasteiger partial charge in [0.05, 0.1) is 11.3 Å². The van der Waals surface area contributed by atoms with Crippen molar-refractivity contribution in [1.82, 2.24) is 4.90 Å². The zero-order chi connectivity index (χ0) is 15.4. The van der Waals surface area contributed by atoms with Gasteiger partial charge < -0.3 is 15.3 Å². The molecular weight excluding hydrogens is 288 g/mol. The number of carbonyl (C=O) groups excluding carboxylic acids is 1. The van der Waals surface area contributed by atoms with Gasteiger partial charge in [-0.2, -0.15) is 11.3 Å². The number of carboxylic acids is 1. The first-order chi connectivity index (χ1) is 9.99. The van der Waals surface area contributed by atoms with Crippen molar-refractivity contribution in [2.75, 3.05) is 12.4 Å². The van der Waals surface area contributed by atoms with Gasteiger partial charge in [-0.1, -0.05) is 12.1 Å². The average Bonchev–Trinajstić information content (AvgIpc) is 2.91. The molecule has 1 aromatic carbocycles. The van der Waals surface area contributed by atoms with Crippen LogP contribution in [0, 0.1) is 6.92 Å². The van der Waals surface area contributed by atoms with E-state index in [1.54, 1.807) is 43.5 Å². The summed E-state index contributed by atoms with van der Waals surface area (Å²) in [6.45, 7) is 2.18. The van der Waals surface area contributed by atoms with Crippen molar-refractivity contribution in [3.63, 3.8) is 0 Å². The maximum Gasteiger partial charge on any atom is 0.338 e. The van der Waals surface area contributed by atoms with Crippen LogP contribution >= 0.6 is 11.3 Å². The van der Waals surface area contributed by atoms with Gasteiger partial charge in [-0.25, -0.2) is 9.59 Å². The van der Waals surface area contributed by atoms with Gasteiger partial charge >= 0.3 is 12.0 Å². The van der Waals surface area contributed by atoms with Gasteiger partial charge in [0.1, 0.15) is 0 Å². The van der Waals surface area contributed by atoms with Crippen molar-refractivity contribution in [3.8, 4) is 0 Å². The Bertz CT molecular complexity index is 653. The van der Waals surface area contributed by atoms with Crippen LogP contribution in [0.5, 0.6) is 0 Å². The number of nitrogens with one attached hydrogen (secondary N) is 1. The van der Waals surface area contributed by atoms with Crippen molar-refractivity contribution in [3.05, 3.63) is 51.7 Å². The number of nitrogens with zero attached hydrogens (tertiary/aromatic N) is 1. The Morgan fingerprint density at radius 1 is 1.33 bits per heavy atom. The number of aromatic carboxylic acids is 1. The molecule has 2 amide bonds. The van der Waals surface area contributed by atoms with Crippen LogP contribution in [0.3, 0.4) is 0 Å². The number of anilines is 1. The van der Waals surface area contributed by atoms with Crippen LogP contribution in [0.1, 0.15) is 21.5 Å². The highest BCUT2D eigenvalue weighted by Gasteiger charge is 2.16. The van der Waals surface area contributed by atoms with Gasteiger partial charge in [0, 0.05) is 13.6 Å². The number of rotatable bonds is 4. The second kappa shape index (κ2) is 6.41. The molecule has 0 radical (unpaired) electrons. The molecule has 0 aliphatic rings. The third-order valence-electron chi connectivity index (χ3n) is 3.07. The van der Waals surface area contributed by atoms with E-state index in [-0.39, 0.29) is 11.6 Å². The van der Waals surface area contributed by atoms with Crippen LogP contribution < -0.4 is 5.32 Å². The SMILES string of the molecule is Cc1cccc(NC(=O)N(C)Cc2ccsc2)c1C(=O)O. The fourth-order valence-corrected chi connectivity index (χ4v) is 2.65. The van der Waals surface area contributed by atoms with Crippen molar-refractivity contribution in [2.24, 2.45) is 0 Å². The number of amides is 2. The summed E-state index contributed by atoms with van der Waals surface area (Å²) in [6.07, 6.45) is 0. The lowest BCUT2D eigenvalue weighted by atomic mass is 10.1. The van der Waals surface area contributed by atoms with E-state index in [0.717, 1.165) is 5.56 Å². The zero-order valence-electron chi connectivity index (χ0n) is 11.8. The lowest BCUT2D eigenvalue weighted by Gasteiger charge is -2.18. The summed E-state index contributed by atoms with van der Waals surface area (Å²) in [5.74, 6) is -1.05. The van der Waals surface area contributed by atoms with Crippen molar-refractivity contribution in [1.29, 1.82) is 0 Å². The molecule has 0 aliphatic carbocycles. The molecule has 0 saturated heterocycles. The summed E-state index contributed by atoms with van der Waals surface area (Å²) in [7, 11) is 1.67. The van der Waals surface area contributed by atoms with Crippen LogP contribution in [0.4, 0.5) is 10.5 Å². The Kier molecular flexibility index (Phi) is 4.59. The summed E-state index contributed by atoms with van der Waals surface area (Å²) >= 11 is 1.57. The molecule has 0 bridgehead atoms. The highest BCUT2D eigenvalue weighted by atomic mass is 32.1. The minimum absolute atomic E-state index is 0.120. The average molecular weight is 304 g/mol. The molecule has 0 unspecified atom stereocenters. The Hall–Kier alpha value is -2.34. The van der Waals surface area contributed by atoms with Crippen molar-refractivity contribution < 1.29 is 14.7 Å². The Morgan fingerprint density at radius 2 is 2.10 bits per heavy atom. The number of carboxylic acid groups (broad SMARTS) is 1. The molecule has 21 heavy (non-hydrogen) atoms. The van der Waals surface area contributed by atoms with E-state index in [1.807, 2.05) is 16.8 Å². The number of thiophene rings is 1. The molecule has 2 rings (SSSR count). The van der Waals surface area contributed by atoms with Crippen LogP contribution in [0.2, 0.25) is 0 Å². The topological polar surface area (TPSA) is 69.6 Å². The number of hydrogen-bond donors (Lipinski definition) is 2. The van der Waals surface area contributed by atoms with E-state index in [2.05, 4.69) is 5.32 Å². The predicted molar refractivity (Wildman–Crippen MR) is 82.9 cm³/mol. The van der Waals surface area contributed by atoms with Gasteiger partial charge in [-0.3, -0.25) is 0 Å². The number of hydrogen-bond acceptors (Lipinski definition) is 3. The fourth-order valence-electron chi connectivity index (χ4n) is 1.99. The molecule has 0 aliphatic heterocycles. The van der Waals surface area contributed by atoms with E-state index in [4.69, 9.17) is 0 Å². The van der Waals surface area contributed by atoms with E-state index in [1.165, 1.54) is 4.90 Å². The molecule has 0 atom stereocenters. The van der Waals surface area contributed by atoms with Crippen LogP contribution in [0.25, 0.3) is 0 Å². The Labute approximate surface area is 126 Å². The van der Waals surface area contributed by atoms with Gasteiger partial charge in [0.2, 0.25) is 0 Å². The standard InChI is InChI=1S/C15H16N2O3S/c1-10-4-3-5-12(13(10)14(18)19)16-15(20)17(2)8-11-6-7-21-9-11/h3-7,9H,8H2,1-2H3,(H,16,20)(H,18,19). The molecule has 0 fully saturated rings. The van der Waals surface area contributed by atoms with Gasteiger partial charge in [-0.05, 0) is 40.9 Å². The molecule has 1 heterocycles. The molecule has 0 saturated carbocycles. The van der Waals surface area contributed by atoms with Gasteiger partial charge in [0.15, 0.2) is 0 Å². The lowest BCUT2D eigenvalue weighted by molar-refractivity contribution is 0.0697. The third-order valence-corrected chi connectivity index (χ3v) is 3.81. The quantitative estimate of drug-likeness (QED) is 0.909. The fraction of sp³-hybridized carbons (Fsp3) is 0.200. The molecule has 6 heteroatoms. The maximum absolute atomic E-state index is 12.2. The molecule has 110 valence electrons. The monoisotopic (exact) mass is 304 g/mol. The normalized spacial score (nSPS) is 10.2. The van der Waals surface area contributed by atoms with Crippen molar-refractivity contribution in [2.45, 2.75) is 13.5 Å². The molecule has 5 nitrogen and oxygen atoms in total. The van der Waals surface area contributed by atoms with Crippen LogP contribution in [0.15, 0.2) is 35.0 Å². The second-order valence-electron chi connectivity index (χ2n) is 4.72. The van der Waals surface area contributed by atoms with E-state index >= 15 is 0 Å². The summed E-state index contributed by atoms with van der Waals surface area (Å²) in [5.41, 5.74) is 2.08. The predicted octanol–water partition coefficient (Wildman–Crippen LogP) is 3.42. The number of carbonyl (C=O) groups is 2. The molecule has 1 aromatic heterocycles. The van der Waals surface area contributed by atoms with E-state index in [9.17, 15) is 14.7 Å². The molecule has 2 aromatic rings. The Morgan fingerprint density at radius 3 is 2.71 bits per heavy atom. The smallest absolute Gasteiger partial charge is 0.338 e. The summed E-state index contributed by atoms with van der Waals surface area (Å²) in [4.78, 5) is 24.9. The largest absolute Gasteiger partial charge is 0.478 e. The first kappa shape index (κ1) is 15.1. The summed E-state index contributed by atoms with van der Waals surface area (Å²) in [6, 6.07) is 6.62. The number of aryl methyl sites for hydroxylation is 1. The van der Waals surface area contributed by atoms with Gasteiger partial charge in [-0.15, -0.1) is 0 Å². The summed E-state index contributed by atoms with van der Waals surface area (Å²) in [5, 5.41) is 15.8. The molecular formula is C15H16N2O3S. The first-order valence-electron chi connectivity index (χ1n) is 6.35. The number of benzene rings is 1. The van der Waals surface area contributed by atoms with Crippen LogP contribution in [-0.2, 0) is 6.54 Å². The highest BCUT2D eigenvalue weighted by molar-refractivity contribution is 7.07. The zero-order valence-corrected chi connectivity index (χ0v) is 12.6. The molecule has 2 N–H and O–H groups in total. The lowest BCUT2D eigenvalue weighted by Crippen LogP contribution is -2.31. The van der Waals surface area contributed by atoms with E-state index in [0.29, 0.717) is 17.8 Å². The van der Waals surface area contributed by atoms with Crippen molar-refractivity contribution >= 4 is 29.0 Å². The highest BCUT2D eigenvalue weighted by Crippen LogP contribution is 2.20. The van der Waals surface area contributed by atoms with Crippen LogP contribution in [-0.4, -0.2) is 29.1 Å². The third kappa shape index (κ3) is 3.61.